The van der Waals surface area contributed by atoms with Gasteiger partial charge in [0.25, 0.3) is 0 Å². The first kappa shape index (κ1) is 12.6. The molecule has 0 atom stereocenters. The first-order chi connectivity index (χ1) is 8.76. The second kappa shape index (κ2) is 5.67. The van der Waals surface area contributed by atoms with Crippen LogP contribution in [0, 0.1) is 0 Å². The lowest BCUT2D eigenvalue weighted by atomic mass is 9.98. The van der Waals surface area contributed by atoms with Gasteiger partial charge < -0.3 is 10.3 Å². The van der Waals surface area contributed by atoms with E-state index in [1.165, 1.54) is 0 Å². The molecule has 0 fully saturated rings. The molecule has 18 heavy (non-hydrogen) atoms. The number of rotatable bonds is 3. The van der Waals surface area contributed by atoms with Crippen LogP contribution in [-0.4, -0.2) is 16.0 Å². The molecule has 4 heteroatoms. The Balaban J connectivity index is 2.49. The molecule has 2 aromatic carbocycles. The van der Waals surface area contributed by atoms with E-state index in [0.29, 0.717) is 21.9 Å². The zero-order valence-corrected chi connectivity index (χ0v) is 10.3. The molecular weight excluding hydrogens is 250 g/mol. The van der Waals surface area contributed by atoms with Gasteiger partial charge in [-0.05, 0) is 17.7 Å². The predicted molar refractivity (Wildman–Crippen MR) is 71.2 cm³/mol. The molecule has 0 saturated heterocycles. The highest BCUT2D eigenvalue weighted by Gasteiger charge is 2.11. The van der Waals surface area contributed by atoms with Crippen LogP contribution < -0.4 is 0 Å². The maximum Gasteiger partial charge on any atom is 0.117 e. The van der Waals surface area contributed by atoms with Crippen LogP contribution in [0.4, 0.5) is 0 Å². The van der Waals surface area contributed by atoms with Crippen LogP contribution in [0.5, 0.6) is 0 Å². The van der Waals surface area contributed by atoms with E-state index in [-0.39, 0.29) is 6.61 Å². The summed E-state index contributed by atoms with van der Waals surface area (Å²) in [6, 6.07) is 14.2. The van der Waals surface area contributed by atoms with Gasteiger partial charge in [-0.15, -0.1) is 0 Å². The van der Waals surface area contributed by atoms with Gasteiger partial charge in [0.1, 0.15) is 5.71 Å². The fourth-order valence-corrected chi connectivity index (χ4v) is 1.89. The Hall–Kier alpha value is -1.84. The van der Waals surface area contributed by atoms with E-state index in [9.17, 15) is 10.3 Å². The van der Waals surface area contributed by atoms with Crippen molar-refractivity contribution in [2.24, 2.45) is 5.16 Å². The molecule has 0 amide bonds. The Morgan fingerprint density at radius 1 is 1.06 bits per heavy atom. The maximum absolute atomic E-state index is 9.30. The topological polar surface area (TPSA) is 52.8 Å². The second-order valence-corrected chi connectivity index (χ2v) is 4.21. The fraction of sp³-hybridized carbons (Fsp3) is 0.0714. The zero-order valence-electron chi connectivity index (χ0n) is 9.55. The van der Waals surface area contributed by atoms with Gasteiger partial charge in [-0.3, -0.25) is 0 Å². The van der Waals surface area contributed by atoms with Gasteiger partial charge in [-0.25, -0.2) is 0 Å². The van der Waals surface area contributed by atoms with Crippen molar-refractivity contribution in [3.63, 3.8) is 0 Å². The van der Waals surface area contributed by atoms with Crippen molar-refractivity contribution >= 4 is 17.3 Å². The summed E-state index contributed by atoms with van der Waals surface area (Å²) in [6.07, 6.45) is 0. The SMILES string of the molecule is OCc1ccccc1/C(=N\O)c1ccc(Cl)cc1. The highest BCUT2D eigenvalue weighted by Crippen LogP contribution is 2.17. The number of halogens is 1. The molecule has 0 spiro atoms. The summed E-state index contributed by atoms with van der Waals surface area (Å²) in [5.41, 5.74) is 2.56. The largest absolute Gasteiger partial charge is 0.410 e. The van der Waals surface area contributed by atoms with Crippen molar-refractivity contribution in [3.8, 4) is 0 Å². The highest BCUT2D eigenvalue weighted by molar-refractivity contribution is 6.30. The number of aliphatic hydroxyl groups is 1. The van der Waals surface area contributed by atoms with Crippen LogP contribution in [0.1, 0.15) is 16.7 Å². The van der Waals surface area contributed by atoms with Gasteiger partial charge >= 0.3 is 0 Å². The lowest BCUT2D eigenvalue weighted by Gasteiger charge is -2.09. The lowest BCUT2D eigenvalue weighted by Crippen LogP contribution is -2.07. The Kier molecular flexibility index (Phi) is 3.97. The van der Waals surface area contributed by atoms with Gasteiger partial charge in [0.05, 0.1) is 6.61 Å². The molecule has 0 aliphatic rings. The average Bonchev–Trinajstić information content (AvgIpc) is 2.42. The molecule has 0 aliphatic heterocycles. The third-order valence-corrected chi connectivity index (χ3v) is 2.91. The van der Waals surface area contributed by atoms with Crippen molar-refractivity contribution in [1.82, 2.24) is 0 Å². The van der Waals surface area contributed by atoms with E-state index in [1.54, 1.807) is 36.4 Å². The molecule has 0 heterocycles. The van der Waals surface area contributed by atoms with Gasteiger partial charge in [-0.2, -0.15) is 0 Å². The normalized spacial score (nSPS) is 11.6. The summed E-state index contributed by atoms with van der Waals surface area (Å²) in [5, 5.41) is 22.4. The van der Waals surface area contributed by atoms with Crippen LogP contribution in [0.15, 0.2) is 53.7 Å². The fourth-order valence-electron chi connectivity index (χ4n) is 1.76. The maximum atomic E-state index is 9.30. The number of benzene rings is 2. The Morgan fingerprint density at radius 2 is 1.72 bits per heavy atom. The Morgan fingerprint density at radius 3 is 2.33 bits per heavy atom. The quantitative estimate of drug-likeness (QED) is 0.507. The zero-order chi connectivity index (χ0) is 13.0. The van der Waals surface area contributed by atoms with E-state index >= 15 is 0 Å². The van der Waals surface area contributed by atoms with Crippen molar-refractivity contribution in [2.75, 3.05) is 0 Å². The number of aliphatic hydroxyl groups excluding tert-OH is 1. The van der Waals surface area contributed by atoms with Crippen LogP contribution in [-0.2, 0) is 6.61 Å². The molecule has 92 valence electrons. The van der Waals surface area contributed by atoms with Crippen LogP contribution >= 0.6 is 11.6 Å². The minimum absolute atomic E-state index is 0.108. The van der Waals surface area contributed by atoms with E-state index in [2.05, 4.69) is 5.16 Å². The van der Waals surface area contributed by atoms with E-state index < -0.39 is 0 Å². The molecule has 0 aliphatic carbocycles. The minimum Gasteiger partial charge on any atom is -0.410 e. The third kappa shape index (κ3) is 2.53. The monoisotopic (exact) mass is 261 g/mol. The number of hydrogen-bond donors (Lipinski definition) is 2. The predicted octanol–water partition coefficient (Wildman–Crippen LogP) is 3.06. The van der Waals surface area contributed by atoms with Crippen LogP contribution in [0.25, 0.3) is 0 Å². The molecule has 2 rings (SSSR count). The molecule has 2 N–H and O–H groups in total. The standard InChI is InChI=1S/C14H12ClNO2/c15-12-7-5-10(6-8-12)14(16-18)13-4-2-1-3-11(13)9-17/h1-8,17-18H,9H2/b16-14-. The average molecular weight is 262 g/mol. The van der Waals surface area contributed by atoms with Crippen molar-refractivity contribution in [3.05, 3.63) is 70.2 Å². The molecule has 3 nitrogen and oxygen atoms in total. The summed E-state index contributed by atoms with van der Waals surface area (Å²) in [6.45, 7) is -0.108. The first-order valence-corrected chi connectivity index (χ1v) is 5.81. The van der Waals surface area contributed by atoms with Gasteiger partial charge in [-0.1, -0.05) is 53.2 Å². The summed E-state index contributed by atoms with van der Waals surface area (Å²) in [4.78, 5) is 0. The minimum atomic E-state index is -0.108. The first-order valence-electron chi connectivity index (χ1n) is 5.43. The van der Waals surface area contributed by atoms with Gasteiger partial charge in [0, 0.05) is 16.1 Å². The molecule has 0 saturated carbocycles. The van der Waals surface area contributed by atoms with Crippen molar-refractivity contribution in [1.29, 1.82) is 0 Å². The molecule has 0 radical (unpaired) electrons. The smallest absolute Gasteiger partial charge is 0.117 e. The van der Waals surface area contributed by atoms with Crippen LogP contribution in [0.2, 0.25) is 5.02 Å². The second-order valence-electron chi connectivity index (χ2n) is 3.77. The van der Waals surface area contributed by atoms with E-state index in [1.807, 2.05) is 12.1 Å². The number of hydrogen-bond acceptors (Lipinski definition) is 3. The van der Waals surface area contributed by atoms with Crippen LogP contribution in [0.3, 0.4) is 0 Å². The summed E-state index contributed by atoms with van der Waals surface area (Å²) >= 11 is 5.82. The Bertz CT molecular complexity index is 564. The lowest BCUT2D eigenvalue weighted by molar-refractivity contribution is 0.281. The third-order valence-electron chi connectivity index (χ3n) is 2.66. The van der Waals surface area contributed by atoms with Crippen molar-refractivity contribution in [2.45, 2.75) is 6.61 Å². The molecule has 2 aromatic rings. The molecule has 0 aromatic heterocycles. The Labute approximate surface area is 110 Å². The van der Waals surface area contributed by atoms with E-state index in [4.69, 9.17) is 11.6 Å². The van der Waals surface area contributed by atoms with Crippen molar-refractivity contribution < 1.29 is 10.3 Å². The molecule has 0 bridgehead atoms. The van der Waals surface area contributed by atoms with Gasteiger partial charge in [0.15, 0.2) is 0 Å². The van der Waals surface area contributed by atoms with E-state index in [0.717, 1.165) is 5.56 Å². The molecule has 0 unspecified atom stereocenters. The number of nitrogens with zero attached hydrogens (tertiary/aromatic N) is 1. The summed E-state index contributed by atoms with van der Waals surface area (Å²) in [7, 11) is 0. The highest BCUT2D eigenvalue weighted by atomic mass is 35.5. The summed E-state index contributed by atoms with van der Waals surface area (Å²) in [5.74, 6) is 0. The number of oxime groups is 1. The van der Waals surface area contributed by atoms with Gasteiger partial charge in [0.2, 0.25) is 0 Å². The molecular formula is C14H12ClNO2. The summed E-state index contributed by atoms with van der Waals surface area (Å²) < 4.78 is 0.